The van der Waals surface area contributed by atoms with Gasteiger partial charge in [-0.05, 0) is 42.8 Å². The molecule has 0 aliphatic carbocycles. The molecule has 0 aromatic heterocycles. The number of nitrogens with zero attached hydrogens (tertiary/aromatic N) is 2. The van der Waals surface area contributed by atoms with Crippen molar-refractivity contribution in [1.29, 1.82) is 0 Å². The van der Waals surface area contributed by atoms with Crippen LogP contribution in [0.2, 0.25) is 0 Å². The molecule has 3 rings (SSSR count). The lowest BCUT2D eigenvalue weighted by Crippen LogP contribution is -2.36. The molecule has 2 aliphatic rings. The Kier molecular flexibility index (Phi) is 6.16. The highest BCUT2D eigenvalue weighted by Gasteiger charge is 2.28. The van der Waals surface area contributed by atoms with Crippen molar-refractivity contribution in [3.05, 3.63) is 59.5 Å². The van der Waals surface area contributed by atoms with Crippen LogP contribution in [0.3, 0.4) is 0 Å². The topological polar surface area (TPSA) is 68.3 Å². The van der Waals surface area contributed by atoms with Gasteiger partial charge in [-0.3, -0.25) is 0 Å². The number of aryl methyl sites for hydroxylation is 1. The molecule has 1 aromatic rings. The lowest BCUT2D eigenvalue weighted by atomic mass is 10.1. The van der Waals surface area contributed by atoms with Gasteiger partial charge in [-0.2, -0.15) is 0 Å². The minimum Gasteiger partial charge on any atom is -0.465 e. The molecule has 7 heteroatoms. The number of carbonyl (C=O) groups excluding carboxylic acids is 2. The SMILES string of the molecule is COC(=O)C1=C(C(=O)OC)N(c2ccc(N3CCOCC3)cc2C)C=CC=C1. The number of morpholine rings is 1. The van der Waals surface area contributed by atoms with E-state index in [0.717, 1.165) is 30.0 Å². The van der Waals surface area contributed by atoms with Crippen molar-refractivity contribution < 1.29 is 23.8 Å². The highest BCUT2D eigenvalue weighted by molar-refractivity contribution is 6.05. The summed E-state index contributed by atoms with van der Waals surface area (Å²) >= 11 is 0. The second kappa shape index (κ2) is 8.75. The molecule has 0 bridgehead atoms. The minimum atomic E-state index is -0.617. The van der Waals surface area contributed by atoms with E-state index in [1.807, 2.05) is 19.1 Å². The molecule has 0 radical (unpaired) electrons. The zero-order valence-electron chi connectivity index (χ0n) is 16.3. The van der Waals surface area contributed by atoms with Crippen LogP contribution in [0.15, 0.2) is 53.9 Å². The molecule has 148 valence electrons. The fraction of sp³-hybridized carbons (Fsp3) is 0.333. The fourth-order valence-corrected chi connectivity index (χ4v) is 3.28. The summed E-state index contributed by atoms with van der Waals surface area (Å²) in [6.45, 7) is 5.06. The van der Waals surface area contributed by atoms with Crippen molar-refractivity contribution in [3.63, 3.8) is 0 Å². The number of anilines is 2. The zero-order chi connectivity index (χ0) is 20.1. The molecular weight excluding hydrogens is 360 g/mol. The zero-order valence-corrected chi connectivity index (χ0v) is 16.3. The van der Waals surface area contributed by atoms with Crippen LogP contribution in [0.1, 0.15) is 5.56 Å². The van der Waals surface area contributed by atoms with Gasteiger partial charge in [0.05, 0.1) is 33.0 Å². The molecule has 7 nitrogen and oxygen atoms in total. The molecule has 0 atom stereocenters. The number of carbonyl (C=O) groups is 2. The van der Waals surface area contributed by atoms with Gasteiger partial charge in [0.2, 0.25) is 0 Å². The Morgan fingerprint density at radius 3 is 2.39 bits per heavy atom. The Labute approximate surface area is 164 Å². The molecular formula is C21H24N2O5. The quantitative estimate of drug-likeness (QED) is 0.738. The average molecular weight is 384 g/mol. The average Bonchev–Trinajstić information content (AvgIpc) is 2.96. The minimum absolute atomic E-state index is 0.113. The van der Waals surface area contributed by atoms with E-state index in [9.17, 15) is 9.59 Å². The summed E-state index contributed by atoms with van der Waals surface area (Å²) in [4.78, 5) is 28.7. The molecule has 0 N–H and O–H groups in total. The number of hydrogen-bond donors (Lipinski definition) is 0. The highest BCUT2D eigenvalue weighted by atomic mass is 16.5. The van der Waals surface area contributed by atoms with Crippen molar-refractivity contribution >= 4 is 23.3 Å². The first-order valence-corrected chi connectivity index (χ1v) is 9.05. The molecule has 0 spiro atoms. The van der Waals surface area contributed by atoms with Gasteiger partial charge in [0.1, 0.15) is 5.70 Å². The van der Waals surface area contributed by atoms with Crippen LogP contribution in [0.5, 0.6) is 0 Å². The number of methoxy groups -OCH3 is 2. The van der Waals surface area contributed by atoms with E-state index in [1.54, 1.807) is 29.3 Å². The molecule has 1 fully saturated rings. The Balaban J connectivity index is 2.04. The lowest BCUT2D eigenvalue weighted by Gasteiger charge is -2.30. The molecule has 1 saturated heterocycles. The third-order valence-corrected chi connectivity index (χ3v) is 4.71. The van der Waals surface area contributed by atoms with Crippen molar-refractivity contribution in [1.82, 2.24) is 0 Å². The van der Waals surface area contributed by atoms with Gasteiger partial charge in [-0.1, -0.05) is 6.08 Å². The van der Waals surface area contributed by atoms with Gasteiger partial charge in [0.25, 0.3) is 0 Å². The molecule has 2 heterocycles. The van der Waals surface area contributed by atoms with E-state index < -0.39 is 11.9 Å². The molecule has 0 amide bonds. The first-order valence-electron chi connectivity index (χ1n) is 9.05. The third kappa shape index (κ3) is 3.94. The number of allylic oxidation sites excluding steroid dienone is 2. The van der Waals surface area contributed by atoms with Gasteiger partial charge in [0, 0.05) is 30.7 Å². The fourth-order valence-electron chi connectivity index (χ4n) is 3.28. The van der Waals surface area contributed by atoms with Crippen LogP contribution in [0.4, 0.5) is 11.4 Å². The molecule has 2 aliphatic heterocycles. The monoisotopic (exact) mass is 384 g/mol. The summed E-state index contributed by atoms with van der Waals surface area (Å²) in [6.07, 6.45) is 6.72. The van der Waals surface area contributed by atoms with E-state index in [-0.39, 0.29) is 11.3 Å². The van der Waals surface area contributed by atoms with Gasteiger partial charge in [-0.25, -0.2) is 9.59 Å². The van der Waals surface area contributed by atoms with E-state index in [1.165, 1.54) is 14.2 Å². The maximum atomic E-state index is 12.5. The van der Waals surface area contributed by atoms with Gasteiger partial charge in [0.15, 0.2) is 0 Å². The Morgan fingerprint density at radius 1 is 1.04 bits per heavy atom. The number of ether oxygens (including phenoxy) is 3. The number of esters is 2. The van der Waals surface area contributed by atoms with Gasteiger partial charge >= 0.3 is 11.9 Å². The Morgan fingerprint density at radius 2 is 1.75 bits per heavy atom. The molecule has 28 heavy (non-hydrogen) atoms. The van der Waals surface area contributed by atoms with Crippen molar-refractivity contribution in [2.24, 2.45) is 0 Å². The maximum absolute atomic E-state index is 12.5. The van der Waals surface area contributed by atoms with E-state index in [0.29, 0.717) is 13.2 Å². The van der Waals surface area contributed by atoms with Crippen LogP contribution < -0.4 is 9.80 Å². The third-order valence-electron chi connectivity index (χ3n) is 4.71. The molecule has 0 saturated carbocycles. The first-order chi connectivity index (χ1) is 13.6. The van der Waals surface area contributed by atoms with E-state index >= 15 is 0 Å². The smallest absolute Gasteiger partial charge is 0.355 e. The number of benzene rings is 1. The highest BCUT2D eigenvalue weighted by Crippen LogP contribution is 2.31. The van der Waals surface area contributed by atoms with Crippen molar-refractivity contribution in [2.75, 3.05) is 50.3 Å². The number of rotatable bonds is 4. The van der Waals surface area contributed by atoms with Crippen molar-refractivity contribution in [3.8, 4) is 0 Å². The van der Waals surface area contributed by atoms with Gasteiger partial charge in [-0.15, -0.1) is 0 Å². The Bertz CT molecular complexity index is 850. The van der Waals surface area contributed by atoms with E-state index in [4.69, 9.17) is 14.2 Å². The lowest BCUT2D eigenvalue weighted by molar-refractivity contribution is -0.139. The van der Waals surface area contributed by atoms with Crippen LogP contribution in [-0.2, 0) is 23.8 Å². The normalized spacial score (nSPS) is 16.8. The summed E-state index contributed by atoms with van der Waals surface area (Å²) in [5, 5.41) is 0. The summed E-state index contributed by atoms with van der Waals surface area (Å²) in [5.74, 6) is -1.22. The second-order valence-corrected chi connectivity index (χ2v) is 6.39. The predicted molar refractivity (Wildman–Crippen MR) is 106 cm³/mol. The first kappa shape index (κ1) is 19.7. The number of hydrogen-bond acceptors (Lipinski definition) is 7. The summed E-state index contributed by atoms with van der Waals surface area (Å²) in [5.41, 5.74) is 3.08. The largest absolute Gasteiger partial charge is 0.465 e. The van der Waals surface area contributed by atoms with Crippen LogP contribution >= 0.6 is 0 Å². The maximum Gasteiger partial charge on any atom is 0.355 e. The summed E-state index contributed by atoms with van der Waals surface area (Å²) in [6, 6.07) is 6.01. The van der Waals surface area contributed by atoms with Gasteiger partial charge < -0.3 is 24.0 Å². The second-order valence-electron chi connectivity index (χ2n) is 6.39. The molecule has 0 unspecified atom stereocenters. The standard InChI is InChI=1S/C21H24N2O5/c1-15-14-16(22-10-12-28-13-11-22)7-8-18(15)23-9-5-4-6-17(20(24)26-2)19(23)21(25)27-3/h4-9,14H,10-13H2,1-3H3. The predicted octanol–water partition coefficient (Wildman–Crippen LogP) is 2.32. The Hall–Kier alpha value is -3.06. The summed E-state index contributed by atoms with van der Waals surface area (Å²) in [7, 11) is 2.57. The van der Waals surface area contributed by atoms with Crippen LogP contribution in [-0.4, -0.2) is 52.5 Å². The van der Waals surface area contributed by atoms with E-state index in [2.05, 4.69) is 11.0 Å². The molecule has 1 aromatic carbocycles. The van der Waals surface area contributed by atoms with Crippen LogP contribution in [0.25, 0.3) is 0 Å². The van der Waals surface area contributed by atoms with Crippen LogP contribution in [0, 0.1) is 6.92 Å². The van der Waals surface area contributed by atoms with Crippen molar-refractivity contribution in [2.45, 2.75) is 6.92 Å². The summed E-state index contributed by atoms with van der Waals surface area (Å²) < 4.78 is 15.2.